The topological polar surface area (TPSA) is 73.1 Å². The SMILES string of the molecule is CCCOc1ncnc(NC2CCCC(C)C2)c1N. The van der Waals surface area contributed by atoms with E-state index >= 15 is 0 Å². The summed E-state index contributed by atoms with van der Waals surface area (Å²) in [5.74, 6) is 1.97. The molecule has 1 aliphatic carbocycles. The van der Waals surface area contributed by atoms with Crippen molar-refractivity contribution in [2.24, 2.45) is 5.92 Å². The highest BCUT2D eigenvalue weighted by atomic mass is 16.5. The van der Waals surface area contributed by atoms with E-state index in [2.05, 4.69) is 29.1 Å². The van der Waals surface area contributed by atoms with Crippen LogP contribution in [0.3, 0.4) is 0 Å². The summed E-state index contributed by atoms with van der Waals surface area (Å²) in [6.45, 7) is 4.98. The van der Waals surface area contributed by atoms with Crippen LogP contribution in [0.4, 0.5) is 11.5 Å². The molecule has 0 aromatic carbocycles. The van der Waals surface area contributed by atoms with Crippen LogP contribution in [-0.4, -0.2) is 22.6 Å². The Morgan fingerprint density at radius 3 is 3.00 bits per heavy atom. The van der Waals surface area contributed by atoms with Gasteiger partial charge in [-0.2, -0.15) is 4.98 Å². The molecule has 2 atom stereocenters. The number of ether oxygens (including phenoxy) is 1. The van der Waals surface area contributed by atoms with E-state index in [0.29, 0.717) is 30.0 Å². The summed E-state index contributed by atoms with van der Waals surface area (Å²) in [6.07, 6.45) is 7.39. The first-order chi connectivity index (χ1) is 9.20. The van der Waals surface area contributed by atoms with Gasteiger partial charge < -0.3 is 15.8 Å². The molecule has 5 nitrogen and oxygen atoms in total. The molecule has 0 bridgehead atoms. The quantitative estimate of drug-likeness (QED) is 0.855. The van der Waals surface area contributed by atoms with Gasteiger partial charge in [0.1, 0.15) is 12.0 Å². The first-order valence-electron chi connectivity index (χ1n) is 7.20. The van der Waals surface area contributed by atoms with Gasteiger partial charge in [-0.3, -0.25) is 0 Å². The second kappa shape index (κ2) is 6.59. The molecule has 0 radical (unpaired) electrons. The number of rotatable bonds is 5. The first-order valence-corrected chi connectivity index (χ1v) is 7.20. The second-order valence-electron chi connectivity index (χ2n) is 5.40. The van der Waals surface area contributed by atoms with Gasteiger partial charge in [-0.15, -0.1) is 0 Å². The number of anilines is 2. The molecular weight excluding hydrogens is 240 g/mol. The van der Waals surface area contributed by atoms with E-state index in [1.165, 1.54) is 32.0 Å². The molecule has 1 fully saturated rings. The minimum absolute atomic E-state index is 0.458. The van der Waals surface area contributed by atoms with Crippen molar-refractivity contribution < 1.29 is 4.74 Å². The lowest BCUT2D eigenvalue weighted by Gasteiger charge is -2.28. The predicted octanol–water partition coefficient (Wildman–Crippen LogP) is 2.84. The van der Waals surface area contributed by atoms with Crippen LogP contribution in [0.5, 0.6) is 5.88 Å². The second-order valence-corrected chi connectivity index (χ2v) is 5.40. The Labute approximate surface area is 115 Å². The number of aromatic nitrogens is 2. The van der Waals surface area contributed by atoms with Gasteiger partial charge >= 0.3 is 0 Å². The molecule has 0 spiro atoms. The number of nitrogens with zero attached hydrogens (tertiary/aromatic N) is 2. The zero-order valence-electron chi connectivity index (χ0n) is 11.9. The molecule has 19 heavy (non-hydrogen) atoms. The maximum absolute atomic E-state index is 6.06. The van der Waals surface area contributed by atoms with Gasteiger partial charge in [0.15, 0.2) is 5.82 Å². The maximum Gasteiger partial charge on any atom is 0.242 e. The number of nitrogens with two attached hydrogens (primary N) is 1. The van der Waals surface area contributed by atoms with E-state index < -0.39 is 0 Å². The molecule has 1 aromatic heterocycles. The third kappa shape index (κ3) is 3.72. The van der Waals surface area contributed by atoms with Crippen molar-refractivity contribution in [3.8, 4) is 5.88 Å². The highest BCUT2D eigenvalue weighted by molar-refractivity contribution is 5.66. The molecule has 5 heteroatoms. The number of nitrogen functional groups attached to an aromatic ring is 1. The summed E-state index contributed by atoms with van der Waals surface area (Å²) >= 11 is 0. The average Bonchev–Trinajstić information content (AvgIpc) is 2.40. The Morgan fingerprint density at radius 1 is 1.42 bits per heavy atom. The van der Waals surface area contributed by atoms with Crippen molar-refractivity contribution in [1.82, 2.24) is 9.97 Å². The maximum atomic E-state index is 6.06. The Bertz CT molecular complexity index is 410. The zero-order chi connectivity index (χ0) is 13.7. The Kier molecular flexibility index (Phi) is 4.82. The smallest absolute Gasteiger partial charge is 0.242 e. The van der Waals surface area contributed by atoms with Gasteiger partial charge in [-0.25, -0.2) is 4.98 Å². The third-order valence-electron chi connectivity index (χ3n) is 3.57. The molecule has 1 aromatic rings. The largest absolute Gasteiger partial charge is 0.476 e. The average molecular weight is 264 g/mol. The highest BCUT2D eigenvalue weighted by Gasteiger charge is 2.20. The van der Waals surface area contributed by atoms with Crippen LogP contribution in [0.15, 0.2) is 6.33 Å². The fourth-order valence-corrected chi connectivity index (χ4v) is 2.57. The molecule has 1 heterocycles. The lowest BCUT2D eigenvalue weighted by molar-refractivity contribution is 0.306. The molecule has 2 rings (SSSR count). The lowest BCUT2D eigenvalue weighted by atomic mass is 9.87. The summed E-state index contributed by atoms with van der Waals surface area (Å²) < 4.78 is 5.52. The van der Waals surface area contributed by atoms with E-state index in [1.807, 2.05) is 0 Å². The Balaban J connectivity index is 2.03. The van der Waals surface area contributed by atoms with Gasteiger partial charge in [0.05, 0.1) is 6.61 Å². The third-order valence-corrected chi connectivity index (χ3v) is 3.57. The van der Waals surface area contributed by atoms with Crippen molar-refractivity contribution in [2.45, 2.75) is 52.0 Å². The minimum Gasteiger partial charge on any atom is -0.476 e. The van der Waals surface area contributed by atoms with E-state index in [-0.39, 0.29) is 0 Å². The molecule has 1 aliphatic rings. The van der Waals surface area contributed by atoms with Crippen LogP contribution in [0, 0.1) is 5.92 Å². The normalized spacial score (nSPS) is 23.1. The van der Waals surface area contributed by atoms with E-state index in [0.717, 1.165) is 12.3 Å². The van der Waals surface area contributed by atoms with Gasteiger partial charge in [0.2, 0.25) is 5.88 Å². The fourth-order valence-electron chi connectivity index (χ4n) is 2.57. The standard InChI is InChI=1S/C14H24N4O/c1-3-7-19-14-12(15)13(16-9-17-14)18-11-6-4-5-10(2)8-11/h9-11H,3-8,15H2,1-2H3,(H,16,17,18). The van der Waals surface area contributed by atoms with Gasteiger partial charge in [-0.1, -0.05) is 26.7 Å². The summed E-state index contributed by atoms with van der Waals surface area (Å²) in [6, 6.07) is 0.458. The van der Waals surface area contributed by atoms with Gasteiger partial charge in [0.25, 0.3) is 0 Å². The summed E-state index contributed by atoms with van der Waals surface area (Å²) in [7, 11) is 0. The van der Waals surface area contributed by atoms with Crippen molar-refractivity contribution in [1.29, 1.82) is 0 Å². The molecule has 106 valence electrons. The number of hydrogen-bond donors (Lipinski definition) is 2. The summed E-state index contributed by atoms with van der Waals surface area (Å²) in [4.78, 5) is 8.33. The Hall–Kier alpha value is -1.52. The van der Waals surface area contributed by atoms with Gasteiger partial charge in [-0.05, 0) is 25.2 Å². The van der Waals surface area contributed by atoms with Crippen molar-refractivity contribution in [3.05, 3.63) is 6.33 Å². The zero-order valence-corrected chi connectivity index (χ0v) is 11.9. The van der Waals surface area contributed by atoms with E-state index in [9.17, 15) is 0 Å². The molecule has 3 N–H and O–H groups in total. The van der Waals surface area contributed by atoms with Crippen LogP contribution in [0.1, 0.15) is 46.0 Å². The lowest BCUT2D eigenvalue weighted by Crippen LogP contribution is -2.27. The molecule has 0 amide bonds. The molecule has 2 unspecified atom stereocenters. The number of hydrogen-bond acceptors (Lipinski definition) is 5. The van der Waals surface area contributed by atoms with Gasteiger partial charge in [0, 0.05) is 6.04 Å². The predicted molar refractivity (Wildman–Crippen MR) is 77.3 cm³/mol. The van der Waals surface area contributed by atoms with E-state index in [1.54, 1.807) is 0 Å². The highest BCUT2D eigenvalue weighted by Crippen LogP contribution is 2.30. The van der Waals surface area contributed by atoms with E-state index in [4.69, 9.17) is 10.5 Å². The molecule has 0 saturated heterocycles. The molecule has 0 aliphatic heterocycles. The first kappa shape index (κ1) is 13.9. The summed E-state index contributed by atoms with van der Waals surface area (Å²) in [5.41, 5.74) is 6.59. The van der Waals surface area contributed by atoms with Crippen molar-refractivity contribution in [2.75, 3.05) is 17.7 Å². The van der Waals surface area contributed by atoms with Crippen LogP contribution in [0.25, 0.3) is 0 Å². The minimum atomic E-state index is 0.458. The summed E-state index contributed by atoms with van der Waals surface area (Å²) in [5, 5.41) is 3.44. The van der Waals surface area contributed by atoms with Crippen LogP contribution in [-0.2, 0) is 0 Å². The van der Waals surface area contributed by atoms with Crippen LogP contribution < -0.4 is 15.8 Å². The molecule has 1 saturated carbocycles. The molecular formula is C14H24N4O. The Morgan fingerprint density at radius 2 is 2.26 bits per heavy atom. The number of nitrogens with one attached hydrogen (secondary N) is 1. The monoisotopic (exact) mass is 264 g/mol. The van der Waals surface area contributed by atoms with Crippen molar-refractivity contribution in [3.63, 3.8) is 0 Å². The van der Waals surface area contributed by atoms with Crippen LogP contribution in [0.2, 0.25) is 0 Å². The van der Waals surface area contributed by atoms with Crippen LogP contribution >= 0.6 is 0 Å². The van der Waals surface area contributed by atoms with Crippen molar-refractivity contribution >= 4 is 11.5 Å². The fraction of sp³-hybridized carbons (Fsp3) is 0.714.